The van der Waals surface area contributed by atoms with Crippen molar-refractivity contribution in [2.24, 2.45) is 0 Å². The highest BCUT2D eigenvalue weighted by Gasteiger charge is 2.35. The zero-order chi connectivity index (χ0) is 25.0. The van der Waals surface area contributed by atoms with Gasteiger partial charge in [-0.3, -0.25) is 14.0 Å². The SMILES string of the molecule is Cc1cncc(NC2=C(C(NC(=O)OC(C)(C)C)c3ccc(C#N)cc3S(C)=O)C(=O)CC2)c1. The Bertz CT molecular complexity index is 1220. The Hall–Kier alpha value is -3.51. The van der Waals surface area contributed by atoms with E-state index in [1.54, 1.807) is 45.3 Å². The molecule has 1 aliphatic rings. The minimum atomic E-state index is -1.48. The second-order valence-electron chi connectivity index (χ2n) is 9.09. The smallest absolute Gasteiger partial charge is 0.408 e. The molecule has 2 aromatic rings. The minimum absolute atomic E-state index is 0.138. The molecule has 9 heteroatoms. The summed E-state index contributed by atoms with van der Waals surface area (Å²) in [6, 6.07) is 7.75. The first-order valence-electron chi connectivity index (χ1n) is 10.8. The van der Waals surface area contributed by atoms with Crippen molar-refractivity contribution in [3.05, 3.63) is 64.6 Å². The number of nitriles is 1. The summed E-state index contributed by atoms with van der Waals surface area (Å²) in [7, 11) is -1.48. The molecule has 0 spiro atoms. The quantitative estimate of drug-likeness (QED) is 0.632. The molecule has 2 atom stereocenters. The molecule has 0 fully saturated rings. The number of aromatic nitrogens is 1. The Morgan fingerprint density at radius 3 is 2.59 bits per heavy atom. The number of allylic oxidation sites excluding steroid dienone is 1. The standard InChI is InChI=1S/C25H28N4O4S/c1-15-10-17(14-27-13-15)28-19-8-9-20(30)22(19)23(29-24(31)33-25(2,3)4)18-7-6-16(12-26)11-21(18)34(5)32/h6-7,10-11,13-14,23,28H,8-9H2,1-5H3,(H,29,31). The third-order valence-electron chi connectivity index (χ3n) is 5.11. The lowest BCUT2D eigenvalue weighted by atomic mass is 9.95. The molecule has 0 saturated heterocycles. The van der Waals surface area contributed by atoms with E-state index in [9.17, 15) is 19.1 Å². The van der Waals surface area contributed by atoms with Gasteiger partial charge in [-0.25, -0.2) is 4.79 Å². The van der Waals surface area contributed by atoms with Gasteiger partial charge in [0.1, 0.15) is 5.60 Å². The van der Waals surface area contributed by atoms with E-state index in [1.807, 2.05) is 19.1 Å². The molecule has 0 saturated carbocycles. The normalized spacial score (nSPS) is 15.5. The Kier molecular flexibility index (Phi) is 7.52. The van der Waals surface area contributed by atoms with Crippen LogP contribution in [0.4, 0.5) is 10.5 Å². The molecule has 0 bridgehead atoms. The van der Waals surface area contributed by atoms with E-state index in [2.05, 4.69) is 15.6 Å². The lowest BCUT2D eigenvalue weighted by Gasteiger charge is -2.26. The Morgan fingerprint density at radius 2 is 1.97 bits per heavy atom. The van der Waals surface area contributed by atoms with Crippen LogP contribution >= 0.6 is 0 Å². The summed E-state index contributed by atoms with van der Waals surface area (Å²) in [5, 5.41) is 15.4. The van der Waals surface area contributed by atoms with Gasteiger partial charge in [-0.15, -0.1) is 0 Å². The van der Waals surface area contributed by atoms with Crippen LogP contribution in [0.3, 0.4) is 0 Å². The van der Waals surface area contributed by atoms with Crippen LogP contribution < -0.4 is 10.6 Å². The van der Waals surface area contributed by atoms with E-state index < -0.39 is 28.5 Å². The molecule has 1 aromatic carbocycles. The highest BCUT2D eigenvalue weighted by Crippen LogP contribution is 2.36. The van der Waals surface area contributed by atoms with Crippen molar-refractivity contribution in [2.45, 2.75) is 57.1 Å². The van der Waals surface area contributed by atoms with E-state index >= 15 is 0 Å². The maximum Gasteiger partial charge on any atom is 0.408 e. The second kappa shape index (κ2) is 10.2. The van der Waals surface area contributed by atoms with E-state index in [0.29, 0.717) is 33.7 Å². The zero-order valence-corrected chi connectivity index (χ0v) is 20.7. The first-order chi connectivity index (χ1) is 16.0. The molecule has 3 rings (SSSR count). The van der Waals surface area contributed by atoms with E-state index in [-0.39, 0.29) is 12.2 Å². The minimum Gasteiger partial charge on any atom is -0.444 e. The van der Waals surface area contributed by atoms with Crippen LogP contribution in [0.25, 0.3) is 0 Å². The van der Waals surface area contributed by atoms with Gasteiger partial charge in [0.15, 0.2) is 5.78 Å². The van der Waals surface area contributed by atoms with Crippen LogP contribution in [0.15, 0.2) is 52.8 Å². The third kappa shape index (κ3) is 6.08. The van der Waals surface area contributed by atoms with Gasteiger partial charge in [-0.2, -0.15) is 5.26 Å². The van der Waals surface area contributed by atoms with Crippen molar-refractivity contribution in [1.29, 1.82) is 5.26 Å². The van der Waals surface area contributed by atoms with Crippen molar-refractivity contribution in [3.63, 3.8) is 0 Å². The van der Waals surface area contributed by atoms with Crippen molar-refractivity contribution in [2.75, 3.05) is 11.6 Å². The van der Waals surface area contributed by atoms with Gasteiger partial charge in [0.05, 0.1) is 40.4 Å². The lowest BCUT2D eigenvalue weighted by Crippen LogP contribution is -2.37. The third-order valence-corrected chi connectivity index (χ3v) is 6.08. The van der Waals surface area contributed by atoms with Crippen LogP contribution in [0, 0.1) is 18.3 Å². The number of nitrogens with zero attached hydrogens (tertiary/aromatic N) is 2. The maximum absolute atomic E-state index is 13.1. The van der Waals surface area contributed by atoms with E-state index in [4.69, 9.17) is 4.74 Å². The summed E-state index contributed by atoms with van der Waals surface area (Å²) < 4.78 is 18.0. The average molecular weight is 481 g/mol. The average Bonchev–Trinajstić information content (AvgIpc) is 3.10. The highest BCUT2D eigenvalue weighted by atomic mass is 32.2. The van der Waals surface area contributed by atoms with Crippen LogP contribution in [0.5, 0.6) is 0 Å². The largest absolute Gasteiger partial charge is 0.444 e. The number of benzene rings is 1. The Labute approximate surface area is 201 Å². The summed E-state index contributed by atoms with van der Waals surface area (Å²) in [6.07, 6.45) is 4.89. The Balaban J connectivity index is 2.14. The van der Waals surface area contributed by atoms with Crippen molar-refractivity contribution in [3.8, 4) is 6.07 Å². The Morgan fingerprint density at radius 1 is 1.24 bits per heavy atom. The number of pyridine rings is 1. The fourth-order valence-electron chi connectivity index (χ4n) is 3.76. The topological polar surface area (TPSA) is 121 Å². The van der Waals surface area contributed by atoms with E-state index in [0.717, 1.165) is 11.3 Å². The van der Waals surface area contributed by atoms with Gasteiger partial charge in [0.25, 0.3) is 0 Å². The number of carbonyl (C=O) groups is 2. The molecule has 1 amide bonds. The molecule has 2 N–H and O–H groups in total. The molecule has 178 valence electrons. The highest BCUT2D eigenvalue weighted by molar-refractivity contribution is 7.84. The summed E-state index contributed by atoms with van der Waals surface area (Å²) in [4.78, 5) is 30.4. The van der Waals surface area contributed by atoms with Crippen LogP contribution in [-0.4, -0.2) is 32.9 Å². The molecule has 0 aliphatic heterocycles. The molecule has 8 nitrogen and oxygen atoms in total. The summed E-state index contributed by atoms with van der Waals surface area (Å²) in [5.41, 5.74) is 2.74. The van der Waals surface area contributed by atoms with Crippen LogP contribution in [0.2, 0.25) is 0 Å². The number of nitrogens with one attached hydrogen (secondary N) is 2. The summed E-state index contributed by atoms with van der Waals surface area (Å²) in [6.45, 7) is 7.15. The summed E-state index contributed by atoms with van der Waals surface area (Å²) in [5.74, 6) is -0.138. The van der Waals surface area contributed by atoms with Gasteiger partial charge in [-0.05, 0) is 63.4 Å². The van der Waals surface area contributed by atoms with Gasteiger partial charge < -0.3 is 15.4 Å². The fourth-order valence-corrected chi connectivity index (χ4v) is 4.57. The molecule has 1 aliphatic carbocycles. The van der Waals surface area contributed by atoms with Crippen molar-refractivity contribution >= 4 is 28.4 Å². The number of aryl methyl sites for hydroxylation is 1. The number of alkyl carbamates (subject to hydrolysis) is 1. The molecule has 0 radical (unpaired) electrons. The molecule has 2 unspecified atom stereocenters. The number of ketones is 1. The molecular weight excluding hydrogens is 452 g/mol. The van der Waals surface area contributed by atoms with E-state index in [1.165, 1.54) is 12.3 Å². The van der Waals surface area contributed by atoms with Crippen molar-refractivity contribution < 1.29 is 18.5 Å². The lowest BCUT2D eigenvalue weighted by molar-refractivity contribution is -0.115. The number of hydrogen-bond acceptors (Lipinski definition) is 7. The van der Waals surface area contributed by atoms with Crippen LogP contribution in [0.1, 0.15) is 56.3 Å². The van der Waals surface area contributed by atoms with Crippen molar-refractivity contribution in [1.82, 2.24) is 10.3 Å². The molecular formula is C25H28N4O4S. The fraction of sp³-hybridized carbons (Fsp3) is 0.360. The number of Topliss-reactive ketones (excluding diaryl/α,β-unsaturated/α-hetero) is 1. The van der Waals surface area contributed by atoms with Gasteiger partial charge in [0, 0.05) is 35.0 Å². The first kappa shape index (κ1) is 25.1. The molecule has 34 heavy (non-hydrogen) atoms. The number of amides is 1. The number of anilines is 1. The number of carbonyl (C=O) groups excluding carboxylic acids is 2. The number of ether oxygens (including phenoxy) is 1. The number of rotatable bonds is 6. The summed E-state index contributed by atoms with van der Waals surface area (Å²) >= 11 is 0. The van der Waals surface area contributed by atoms with Gasteiger partial charge in [0.2, 0.25) is 0 Å². The molecule has 1 heterocycles. The predicted octanol–water partition coefficient (Wildman–Crippen LogP) is 4.29. The maximum atomic E-state index is 13.1. The second-order valence-corrected chi connectivity index (χ2v) is 10.4. The predicted molar refractivity (Wildman–Crippen MR) is 129 cm³/mol. The zero-order valence-electron chi connectivity index (χ0n) is 19.9. The first-order valence-corrected chi connectivity index (χ1v) is 12.4. The van der Waals surface area contributed by atoms with Gasteiger partial charge in [-0.1, -0.05) is 6.07 Å². The van der Waals surface area contributed by atoms with Crippen LogP contribution in [-0.2, 0) is 20.3 Å². The number of hydrogen-bond donors (Lipinski definition) is 2. The monoisotopic (exact) mass is 480 g/mol. The van der Waals surface area contributed by atoms with Gasteiger partial charge >= 0.3 is 6.09 Å². The molecule has 1 aromatic heterocycles.